The van der Waals surface area contributed by atoms with Crippen LogP contribution in [0.1, 0.15) is 5.56 Å². The molecule has 1 aromatic carbocycles. The van der Waals surface area contributed by atoms with Crippen molar-refractivity contribution < 1.29 is 4.74 Å². The SMILES string of the molecule is C=CCn1ccc2cccc(CNCCOC)c21. The van der Waals surface area contributed by atoms with Gasteiger partial charge in [0, 0.05) is 32.9 Å². The first kappa shape index (κ1) is 12.9. The first-order valence-electron chi connectivity index (χ1n) is 6.24. The Morgan fingerprint density at radius 3 is 3.06 bits per heavy atom. The first-order chi connectivity index (χ1) is 8.86. The van der Waals surface area contributed by atoms with E-state index in [9.17, 15) is 0 Å². The molecular formula is C15H20N2O. The second-order valence-electron chi connectivity index (χ2n) is 4.28. The van der Waals surface area contributed by atoms with Gasteiger partial charge in [-0.25, -0.2) is 0 Å². The van der Waals surface area contributed by atoms with Gasteiger partial charge in [0.05, 0.1) is 12.1 Å². The lowest BCUT2D eigenvalue weighted by atomic mass is 10.1. The zero-order valence-electron chi connectivity index (χ0n) is 10.9. The summed E-state index contributed by atoms with van der Waals surface area (Å²) in [6, 6.07) is 8.57. The smallest absolute Gasteiger partial charge is 0.0587 e. The molecule has 0 aliphatic heterocycles. The Bertz CT molecular complexity index is 516. The van der Waals surface area contributed by atoms with E-state index < -0.39 is 0 Å². The minimum absolute atomic E-state index is 0.740. The van der Waals surface area contributed by atoms with E-state index in [1.165, 1.54) is 16.5 Å². The summed E-state index contributed by atoms with van der Waals surface area (Å²) in [4.78, 5) is 0. The Kier molecular flexibility index (Phi) is 4.56. The van der Waals surface area contributed by atoms with Crippen LogP contribution in [-0.4, -0.2) is 24.8 Å². The highest BCUT2D eigenvalue weighted by atomic mass is 16.5. The van der Waals surface area contributed by atoms with Gasteiger partial charge in [0.25, 0.3) is 0 Å². The van der Waals surface area contributed by atoms with Crippen LogP contribution in [0.25, 0.3) is 10.9 Å². The fraction of sp³-hybridized carbons (Fsp3) is 0.333. The van der Waals surface area contributed by atoms with E-state index in [2.05, 4.69) is 46.9 Å². The van der Waals surface area contributed by atoms with Crippen LogP contribution in [-0.2, 0) is 17.8 Å². The first-order valence-corrected chi connectivity index (χ1v) is 6.24. The van der Waals surface area contributed by atoms with Gasteiger partial charge in [-0.2, -0.15) is 0 Å². The summed E-state index contributed by atoms with van der Waals surface area (Å²) in [6.45, 7) is 7.12. The molecule has 1 heterocycles. The van der Waals surface area contributed by atoms with Gasteiger partial charge in [-0.1, -0.05) is 24.3 Å². The number of nitrogens with one attached hydrogen (secondary N) is 1. The minimum atomic E-state index is 0.740. The van der Waals surface area contributed by atoms with Gasteiger partial charge in [-0.3, -0.25) is 0 Å². The molecule has 18 heavy (non-hydrogen) atoms. The fourth-order valence-electron chi connectivity index (χ4n) is 2.17. The summed E-state index contributed by atoms with van der Waals surface area (Å²) >= 11 is 0. The lowest BCUT2D eigenvalue weighted by molar-refractivity contribution is 0.199. The van der Waals surface area contributed by atoms with E-state index in [0.29, 0.717) is 0 Å². The van der Waals surface area contributed by atoms with E-state index in [1.54, 1.807) is 7.11 Å². The van der Waals surface area contributed by atoms with E-state index in [1.807, 2.05) is 6.08 Å². The van der Waals surface area contributed by atoms with Crippen LogP contribution < -0.4 is 5.32 Å². The van der Waals surface area contributed by atoms with Crippen LogP contribution in [0.5, 0.6) is 0 Å². The van der Waals surface area contributed by atoms with Crippen LogP contribution in [0, 0.1) is 0 Å². The van der Waals surface area contributed by atoms with Gasteiger partial charge in [0.15, 0.2) is 0 Å². The third-order valence-corrected chi connectivity index (χ3v) is 3.00. The third-order valence-electron chi connectivity index (χ3n) is 3.00. The molecular weight excluding hydrogens is 224 g/mol. The van der Waals surface area contributed by atoms with Gasteiger partial charge < -0.3 is 14.6 Å². The van der Waals surface area contributed by atoms with E-state index in [4.69, 9.17) is 4.74 Å². The molecule has 0 fully saturated rings. The molecule has 0 saturated heterocycles. The van der Waals surface area contributed by atoms with Crippen molar-refractivity contribution >= 4 is 10.9 Å². The van der Waals surface area contributed by atoms with Crippen LogP contribution in [0.2, 0.25) is 0 Å². The molecule has 0 atom stereocenters. The van der Waals surface area contributed by atoms with Crippen LogP contribution in [0.3, 0.4) is 0 Å². The topological polar surface area (TPSA) is 26.2 Å². The van der Waals surface area contributed by atoms with Crippen molar-refractivity contribution in [2.24, 2.45) is 0 Å². The quantitative estimate of drug-likeness (QED) is 0.598. The van der Waals surface area contributed by atoms with Crippen molar-refractivity contribution in [3.05, 3.63) is 48.7 Å². The van der Waals surface area contributed by atoms with E-state index >= 15 is 0 Å². The van der Waals surface area contributed by atoms with E-state index in [0.717, 1.165) is 26.2 Å². The predicted molar refractivity (Wildman–Crippen MR) is 75.7 cm³/mol. The van der Waals surface area contributed by atoms with Crippen molar-refractivity contribution in [3.63, 3.8) is 0 Å². The van der Waals surface area contributed by atoms with Gasteiger partial charge in [-0.15, -0.1) is 6.58 Å². The Hall–Kier alpha value is -1.58. The molecule has 0 radical (unpaired) electrons. The molecule has 2 aromatic rings. The maximum Gasteiger partial charge on any atom is 0.0587 e. The third kappa shape index (κ3) is 2.81. The monoisotopic (exact) mass is 244 g/mol. The summed E-state index contributed by atoms with van der Waals surface area (Å²) in [6.07, 6.45) is 4.04. The van der Waals surface area contributed by atoms with Gasteiger partial charge in [0.2, 0.25) is 0 Å². The Labute approximate surface area is 108 Å². The number of nitrogens with zero attached hydrogens (tertiary/aromatic N) is 1. The molecule has 1 N–H and O–H groups in total. The maximum atomic E-state index is 5.03. The Balaban J connectivity index is 2.20. The molecule has 3 heteroatoms. The standard InChI is InChI=1S/C15H20N2O/c1-3-9-17-10-7-13-5-4-6-14(15(13)17)12-16-8-11-18-2/h3-7,10,16H,1,8-9,11-12H2,2H3. The van der Waals surface area contributed by atoms with E-state index in [-0.39, 0.29) is 0 Å². The molecule has 0 saturated carbocycles. The highest BCUT2D eigenvalue weighted by molar-refractivity contribution is 5.83. The molecule has 0 unspecified atom stereocenters. The van der Waals surface area contributed by atoms with Crippen molar-refractivity contribution in [1.29, 1.82) is 0 Å². The minimum Gasteiger partial charge on any atom is -0.383 e. The van der Waals surface area contributed by atoms with Crippen molar-refractivity contribution in [2.45, 2.75) is 13.1 Å². The second kappa shape index (κ2) is 6.38. The number of rotatable bonds is 7. The summed E-state index contributed by atoms with van der Waals surface area (Å²) in [5.74, 6) is 0. The number of allylic oxidation sites excluding steroid dienone is 1. The second-order valence-corrected chi connectivity index (χ2v) is 4.28. The molecule has 0 spiro atoms. The van der Waals surface area contributed by atoms with Gasteiger partial charge >= 0.3 is 0 Å². The molecule has 0 amide bonds. The zero-order valence-corrected chi connectivity index (χ0v) is 10.9. The van der Waals surface area contributed by atoms with Gasteiger partial charge in [-0.05, 0) is 17.0 Å². The molecule has 2 rings (SSSR count). The van der Waals surface area contributed by atoms with Crippen molar-refractivity contribution in [3.8, 4) is 0 Å². The summed E-state index contributed by atoms with van der Waals surface area (Å²) in [7, 11) is 1.72. The van der Waals surface area contributed by atoms with Crippen LogP contribution in [0.15, 0.2) is 43.1 Å². The molecule has 1 aromatic heterocycles. The Morgan fingerprint density at radius 1 is 1.39 bits per heavy atom. The zero-order chi connectivity index (χ0) is 12.8. The number of methoxy groups -OCH3 is 1. The average molecular weight is 244 g/mol. The summed E-state index contributed by atoms with van der Waals surface area (Å²) < 4.78 is 7.27. The maximum absolute atomic E-state index is 5.03. The Morgan fingerprint density at radius 2 is 2.28 bits per heavy atom. The van der Waals surface area contributed by atoms with Crippen molar-refractivity contribution in [2.75, 3.05) is 20.3 Å². The number of ether oxygens (including phenoxy) is 1. The number of para-hydroxylation sites is 1. The highest BCUT2D eigenvalue weighted by Crippen LogP contribution is 2.20. The molecule has 0 bridgehead atoms. The van der Waals surface area contributed by atoms with Crippen LogP contribution >= 0.6 is 0 Å². The van der Waals surface area contributed by atoms with Crippen LogP contribution in [0.4, 0.5) is 0 Å². The number of benzene rings is 1. The fourth-order valence-corrected chi connectivity index (χ4v) is 2.17. The number of hydrogen-bond donors (Lipinski definition) is 1. The lowest BCUT2D eigenvalue weighted by Gasteiger charge is -2.09. The molecule has 3 nitrogen and oxygen atoms in total. The number of fused-ring (bicyclic) bond motifs is 1. The number of aromatic nitrogens is 1. The average Bonchev–Trinajstić information content (AvgIpc) is 2.79. The van der Waals surface area contributed by atoms with Gasteiger partial charge in [0.1, 0.15) is 0 Å². The number of hydrogen-bond acceptors (Lipinski definition) is 2. The summed E-state index contributed by atoms with van der Waals surface area (Å²) in [5, 5.41) is 4.67. The largest absolute Gasteiger partial charge is 0.383 e. The molecule has 0 aliphatic rings. The van der Waals surface area contributed by atoms with Crippen molar-refractivity contribution in [1.82, 2.24) is 9.88 Å². The molecule has 0 aliphatic carbocycles. The normalized spacial score (nSPS) is 10.9. The summed E-state index contributed by atoms with van der Waals surface area (Å²) in [5.41, 5.74) is 2.61. The lowest BCUT2D eigenvalue weighted by Crippen LogP contribution is -2.19. The predicted octanol–water partition coefficient (Wildman–Crippen LogP) is 2.56. The molecule has 96 valence electrons. The highest BCUT2D eigenvalue weighted by Gasteiger charge is 2.05.